The van der Waals surface area contributed by atoms with E-state index in [1.54, 1.807) is 0 Å². The molecular weight excluding hydrogens is 194 g/mol. The molecule has 0 aromatic rings. The van der Waals surface area contributed by atoms with Crippen molar-refractivity contribution in [3.63, 3.8) is 0 Å². The first-order valence-corrected chi connectivity index (χ1v) is 5.63. The van der Waals surface area contributed by atoms with E-state index in [-0.39, 0.29) is 24.7 Å². The van der Waals surface area contributed by atoms with E-state index in [2.05, 4.69) is 4.90 Å². The van der Waals surface area contributed by atoms with Crippen molar-refractivity contribution in [2.24, 2.45) is 5.41 Å². The van der Waals surface area contributed by atoms with Crippen LogP contribution in [0.5, 0.6) is 0 Å². The Morgan fingerprint density at radius 3 is 2.40 bits per heavy atom. The summed E-state index contributed by atoms with van der Waals surface area (Å²) in [5.41, 5.74) is -0.0313. The molecule has 1 aliphatic rings. The molecule has 1 fully saturated rings. The van der Waals surface area contributed by atoms with Crippen LogP contribution in [-0.4, -0.2) is 61.2 Å². The fraction of sp³-hybridized carbons (Fsp3) is 1.00. The summed E-state index contributed by atoms with van der Waals surface area (Å²) in [5, 5.41) is 18.6. The minimum atomic E-state index is -0.0313. The Balaban J connectivity index is 2.51. The molecule has 1 rings (SSSR count). The molecule has 1 unspecified atom stereocenters. The van der Waals surface area contributed by atoms with Crippen molar-refractivity contribution in [2.75, 3.05) is 40.0 Å². The SMILES string of the molecule is CC(CO)N(C)CC1(CO)CCOCC1. The highest BCUT2D eigenvalue weighted by Gasteiger charge is 2.33. The molecule has 0 aromatic carbocycles. The Morgan fingerprint density at radius 2 is 1.93 bits per heavy atom. The van der Waals surface area contributed by atoms with Gasteiger partial charge in [0.15, 0.2) is 0 Å². The molecule has 0 aliphatic carbocycles. The summed E-state index contributed by atoms with van der Waals surface area (Å²) < 4.78 is 5.32. The standard InChI is InChI=1S/C11H23NO3/c1-10(7-13)12(2)8-11(9-14)3-5-15-6-4-11/h10,13-14H,3-9H2,1-2H3. The second-order valence-corrected chi connectivity index (χ2v) is 4.72. The minimum absolute atomic E-state index is 0.0313. The molecule has 2 N–H and O–H groups in total. The summed E-state index contributed by atoms with van der Waals surface area (Å²) in [4.78, 5) is 2.11. The third-order valence-electron chi connectivity index (χ3n) is 3.49. The molecule has 1 atom stereocenters. The number of hydrogen-bond donors (Lipinski definition) is 2. The third kappa shape index (κ3) is 3.41. The highest BCUT2D eigenvalue weighted by Crippen LogP contribution is 2.31. The molecule has 1 saturated heterocycles. The van der Waals surface area contributed by atoms with Crippen molar-refractivity contribution >= 4 is 0 Å². The molecule has 0 amide bonds. The monoisotopic (exact) mass is 217 g/mol. The Labute approximate surface area is 91.8 Å². The van der Waals surface area contributed by atoms with E-state index in [4.69, 9.17) is 9.84 Å². The van der Waals surface area contributed by atoms with Crippen LogP contribution in [0.2, 0.25) is 0 Å². The van der Waals surface area contributed by atoms with Crippen LogP contribution in [0, 0.1) is 5.41 Å². The number of aliphatic hydroxyl groups is 2. The van der Waals surface area contributed by atoms with Gasteiger partial charge >= 0.3 is 0 Å². The summed E-state index contributed by atoms with van der Waals surface area (Å²) in [7, 11) is 1.99. The largest absolute Gasteiger partial charge is 0.396 e. The molecule has 90 valence electrons. The zero-order valence-electron chi connectivity index (χ0n) is 9.78. The van der Waals surface area contributed by atoms with Gasteiger partial charge in [-0.2, -0.15) is 0 Å². The molecule has 15 heavy (non-hydrogen) atoms. The summed E-state index contributed by atoms with van der Waals surface area (Å²) in [5.74, 6) is 0. The van der Waals surface area contributed by atoms with Crippen molar-refractivity contribution in [2.45, 2.75) is 25.8 Å². The number of ether oxygens (including phenoxy) is 1. The predicted molar refractivity (Wildman–Crippen MR) is 58.7 cm³/mol. The molecule has 0 spiro atoms. The smallest absolute Gasteiger partial charge is 0.0584 e. The van der Waals surface area contributed by atoms with E-state index >= 15 is 0 Å². The van der Waals surface area contributed by atoms with Gasteiger partial charge in [-0.25, -0.2) is 0 Å². The van der Waals surface area contributed by atoms with Gasteiger partial charge in [0.1, 0.15) is 0 Å². The van der Waals surface area contributed by atoms with Gasteiger partial charge in [0.05, 0.1) is 13.2 Å². The van der Waals surface area contributed by atoms with Crippen molar-refractivity contribution in [1.29, 1.82) is 0 Å². The zero-order chi connectivity index (χ0) is 11.3. The van der Waals surface area contributed by atoms with Crippen molar-refractivity contribution < 1.29 is 14.9 Å². The van der Waals surface area contributed by atoms with Crippen LogP contribution < -0.4 is 0 Å². The lowest BCUT2D eigenvalue weighted by Gasteiger charge is -2.40. The Hall–Kier alpha value is -0.160. The van der Waals surface area contributed by atoms with E-state index in [0.29, 0.717) is 0 Å². The number of nitrogens with zero attached hydrogens (tertiary/aromatic N) is 1. The van der Waals surface area contributed by atoms with Gasteiger partial charge in [-0.1, -0.05) is 0 Å². The van der Waals surface area contributed by atoms with E-state index < -0.39 is 0 Å². The van der Waals surface area contributed by atoms with Crippen molar-refractivity contribution in [3.8, 4) is 0 Å². The summed E-state index contributed by atoms with van der Waals surface area (Å²) in [6, 6.07) is 0.149. The minimum Gasteiger partial charge on any atom is -0.396 e. The van der Waals surface area contributed by atoms with Crippen LogP contribution in [0.4, 0.5) is 0 Å². The van der Waals surface area contributed by atoms with Gasteiger partial charge in [0, 0.05) is 31.2 Å². The molecule has 1 aliphatic heterocycles. The molecule has 0 saturated carbocycles. The lowest BCUT2D eigenvalue weighted by Crippen LogP contribution is -2.46. The first kappa shape index (κ1) is 12.9. The van der Waals surface area contributed by atoms with Crippen molar-refractivity contribution in [1.82, 2.24) is 4.90 Å². The summed E-state index contributed by atoms with van der Waals surface area (Å²) in [6.07, 6.45) is 1.82. The number of likely N-dealkylation sites (N-methyl/N-ethyl adjacent to an activating group) is 1. The highest BCUT2D eigenvalue weighted by molar-refractivity contribution is 4.85. The number of rotatable bonds is 5. The quantitative estimate of drug-likeness (QED) is 0.685. The highest BCUT2D eigenvalue weighted by atomic mass is 16.5. The molecule has 1 heterocycles. The Bertz CT molecular complexity index is 181. The topological polar surface area (TPSA) is 52.9 Å². The molecule has 0 radical (unpaired) electrons. The third-order valence-corrected chi connectivity index (χ3v) is 3.49. The number of aliphatic hydroxyl groups excluding tert-OH is 2. The average molecular weight is 217 g/mol. The predicted octanol–water partition coefficient (Wildman–Crippen LogP) is 0.0881. The second-order valence-electron chi connectivity index (χ2n) is 4.72. The maximum atomic E-state index is 9.50. The van der Waals surface area contributed by atoms with E-state index in [1.165, 1.54) is 0 Å². The lowest BCUT2D eigenvalue weighted by atomic mass is 9.80. The van der Waals surface area contributed by atoms with E-state index in [0.717, 1.165) is 32.6 Å². The van der Waals surface area contributed by atoms with Gasteiger partial charge < -0.3 is 19.8 Å². The van der Waals surface area contributed by atoms with Gasteiger partial charge in [0.2, 0.25) is 0 Å². The van der Waals surface area contributed by atoms with Crippen molar-refractivity contribution in [3.05, 3.63) is 0 Å². The summed E-state index contributed by atoms with van der Waals surface area (Å²) >= 11 is 0. The van der Waals surface area contributed by atoms with E-state index in [1.807, 2.05) is 14.0 Å². The van der Waals surface area contributed by atoms with Crippen LogP contribution in [0.25, 0.3) is 0 Å². The fourth-order valence-corrected chi connectivity index (χ4v) is 1.99. The second kappa shape index (κ2) is 5.80. The molecule has 4 heteroatoms. The maximum Gasteiger partial charge on any atom is 0.0584 e. The van der Waals surface area contributed by atoms with Gasteiger partial charge in [0.25, 0.3) is 0 Å². The van der Waals surface area contributed by atoms with Crippen LogP contribution in [0.3, 0.4) is 0 Å². The molecular formula is C11H23NO3. The molecule has 0 bridgehead atoms. The maximum absolute atomic E-state index is 9.50. The van der Waals surface area contributed by atoms with E-state index in [9.17, 15) is 5.11 Å². The first-order chi connectivity index (χ1) is 7.13. The van der Waals surface area contributed by atoms with Gasteiger partial charge in [-0.15, -0.1) is 0 Å². The number of hydrogen-bond acceptors (Lipinski definition) is 4. The van der Waals surface area contributed by atoms with Crippen LogP contribution in [-0.2, 0) is 4.74 Å². The zero-order valence-corrected chi connectivity index (χ0v) is 9.78. The molecule has 4 nitrogen and oxygen atoms in total. The van der Waals surface area contributed by atoms with Crippen LogP contribution >= 0.6 is 0 Å². The van der Waals surface area contributed by atoms with Gasteiger partial charge in [-0.05, 0) is 26.8 Å². The average Bonchev–Trinajstić information content (AvgIpc) is 2.29. The van der Waals surface area contributed by atoms with Crippen LogP contribution in [0.15, 0.2) is 0 Å². The Morgan fingerprint density at radius 1 is 1.33 bits per heavy atom. The normalized spacial score (nSPS) is 23.0. The lowest BCUT2D eigenvalue weighted by molar-refractivity contribution is -0.0380. The molecule has 0 aromatic heterocycles. The van der Waals surface area contributed by atoms with Gasteiger partial charge in [-0.3, -0.25) is 0 Å². The fourth-order valence-electron chi connectivity index (χ4n) is 1.99. The van der Waals surface area contributed by atoms with Crippen LogP contribution in [0.1, 0.15) is 19.8 Å². The summed E-state index contributed by atoms with van der Waals surface area (Å²) in [6.45, 7) is 4.66. The Kier molecular flexibility index (Phi) is 4.99. The first-order valence-electron chi connectivity index (χ1n) is 5.63.